The van der Waals surface area contributed by atoms with Gasteiger partial charge in [-0.1, -0.05) is 127 Å². The van der Waals surface area contributed by atoms with E-state index in [2.05, 4.69) is 77.4 Å². The van der Waals surface area contributed by atoms with Gasteiger partial charge in [0, 0.05) is 38.2 Å². The van der Waals surface area contributed by atoms with Crippen molar-refractivity contribution in [3.8, 4) is 22.9 Å². The molecule has 0 aliphatic carbocycles. The number of fused-ring (bicyclic) bond motifs is 11. The summed E-state index contributed by atoms with van der Waals surface area (Å²) in [6.07, 6.45) is 0. The van der Waals surface area contributed by atoms with Crippen molar-refractivity contribution in [2.24, 2.45) is 0 Å². The first kappa shape index (κ1) is 26.6. The van der Waals surface area contributed by atoms with Gasteiger partial charge in [-0.25, -0.2) is 9.97 Å². The van der Waals surface area contributed by atoms with Gasteiger partial charge in [0.05, 0.1) is 33.1 Å². The Hall–Kier alpha value is -6.59. The third kappa shape index (κ3) is 3.70. The lowest BCUT2D eigenvalue weighted by Gasteiger charge is -2.17. The molecule has 0 fully saturated rings. The largest absolute Gasteiger partial charge is 0.277 e. The van der Waals surface area contributed by atoms with Crippen LogP contribution in [0, 0.1) is 0 Å². The van der Waals surface area contributed by atoms with Crippen LogP contribution in [-0.2, 0) is 0 Å². The predicted octanol–water partition coefficient (Wildman–Crippen LogP) is 10.0. The second kappa shape index (κ2) is 10.2. The van der Waals surface area contributed by atoms with Gasteiger partial charge in [-0.05, 0) is 41.1 Å². The summed E-state index contributed by atoms with van der Waals surface area (Å²) in [5.74, 6) is 0.562. The molecule has 224 valence electrons. The number of pyridine rings is 1. The summed E-state index contributed by atoms with van der Waals surface area (Å²) in [5, 5.41) is 7.64. The minimum Gasteiger partial charge on any atom is -0.277 e. The first-order chi connectivity index (χ1) is 23.8. The highest BCUT2D eigenvalue weighted by Crippen LogP contribution is 2.44. The van der Waals surface area contributed by atoms with Gasteiger partial charge in [0.15, 0.2) is 0 Å². The molecule has 3 heterocycles. The molecule has 48 heavy (non-hydrogen) atoms. The number of nitrogens with zero attached hydrogens (tertiary/aromatic N) is 4. The number of benzene rings is 7. The maximum absolute atomic E-state index is 15.0. The van der Waals surface area contributed by atoms with Crippen LogP contribution in [0.5, 0.6) is 0 Å². The van der Waals surface area contributed by atoms with Gasteiger partial charge in [-0.2, -0.15) is 0 Å². The van der Waals surface area contributed by atoms with Gasteiger partial charge in [0.25, 0.3) is 5.56 Å². The van der Waals surface area contributed by atoms with Gasteiger partial charge in [0.1, 0.15) is 0 Å². The Balaban J connectivity index is 1.49. The molecule has 7 aromatic carbocycles. The second-order valence-corrected chi connectivity index (χ2v) is 12.1. The van der Waals surface area contributed by atoms with Crippen molar-refractivity contribution in [3.05, 3.63) is 168 Å². The average Bonchev–Trinajstić information content (AvgIpc) is 3.50. The van der Waals surface area contributed by atoms with Crippen molar-refractivity contribution in [1.82, 2.24) is 19.1 Å². The molecule has 0 N–H and O–H groups in total. The summed E-state index contributed by atoms with van der Waals surface area (Å²) in [4.78, 5) is 25.6. The number of aromatic nitrogens is 4. The highest BCUT2D eigenvalue weighted by atomic mass is 16.1. The molecule has 5 heteroatoms. The monoisotopic (exact) mass is 614 g/mol. The zero-order chi connectivity index (χ0) is 31.8. The smallest absolute Gasteiger partial charge is 0.264 e. The van der Waals surface area contributed by atoms with Crippen LogP contribution in [-0.4, -0.2) is 19.1 Å². The molecule has 10 aromatic rings. The van der Waals surface area contributed by atoms with Crippen LogP contribution in [0.15, 0.2) is 163 Å². The maximum atomic E-state index is 15.0. The molecule has 0 spiro atoms. The number of rotatable bonds is 3. The van der Waals surface area contributed by atoms with Crippen molar-refractivity contribution in [3.63, 3.8) is 0 Å². The molecule has 0 bridgehead atoms. The summed E-state index contributed by atoms with van der Waals surface area (Å²) in [5.41, 5.74) is 6.26. The first-order valence-corrected chi connectivity index (χ1v) is 16.1. The van der Waals surface area contributed by atoms with Crippen molar-refractivity contribution < 1.29 is 0 Å². The highest BCUT2D eigenvalue weighted by molar-refractivity contribution is 6.35. The van der Waals surface area contributed by atoms with Crippen molar-refractivity contribution in [2.45, 2.75) is 0 Å². The zero-order valence-electron chi connectivity index (χ0n) is 25.7. The number of hydrogen-bond acceptors (Lipinski definition) is 3. The highest BCUT2D eigenvalue weighted by Gasteiger charge is 2.25. The SMILES string of the molecule is O=c1c2c3ccccc3c3c4ccccc4n(-c4nc(-c5ccccc5)c5ccccc5n4)c3c2c2ccccc2n1-c1ccccc1. The van der Waals surface area contributed by atoms with Gasteiger partial charge >= 0.3 is 0 Å². The molecule has 5 nitrogen and oxygen atoms in total. The van der Waals surface area contributed by atoms with E-state index in [1.165, 1.54) is 0 Å². The van der Waals surface area contributed by atoms with Gasteiger partial charge in [-0.3, -0.25) is 13.9 Å². The molecule has 0 aliphatic heterocycles. The quantitative estimate of drug-likeness (QED) is 0.186. The standard InChI is InChI=1S/C43H26N4O/c48-42-39-30-20-8-7-19-29(30)37-32-22-10-14-26-36(32)47(43-44-34-24-12-9-21-31(34)40(45-43)27-15-3-1-4-16-27)41(37)38(39)33-23-11-13-25-35(33)46(42)28-17-5-2-6-18-28/h1-26H. The van der Waals surface area contributed by atoms with E-state index in [1.807, 2.05) is 89.5 Å². The van der Waals surface area contributed by atoms with Crippen LogP contribution in [0.4, 0.5) is 0 Å². The Morgan fingerprint density at radius 3 is 1.65 bits per heavy atom. The summed E-state index contributed by atoms with van der Waals surface area (Å²) in [6.45, 7) is 0. The van der Waals surface area contributed by atoms with Crippen molar-refractivity contribution in [2.75, 3.05) is 0 Å². The van der Waals surface area contributed by atoms with Crippen LogP contribution in [0.2, 0.25) is 0 Å². The van der Waals surface area contributed by atoms with E-state index in [9.17, 15) is 4.79 Å². The predicted molar refractivity (Wildman–Crippen MR) is 197 cm³/mol. The molecule has 10 rings (SSSR count). The van der Waals surface area contributed by atoms with Gasteiger partial charge in [-0.15, -0.1) is 0 Å². The van der Waals surface area contributed by atoms with Gasteiger partial charge in [0.2, 0.25) is 5.95 Å². The fourth-order valence-electron chi connectivity index (χ4n) is 7.53. The van der Waals surface area contributed by atoms with E-state index in [-0.39, 0.29) is 5.56 Å². The van der Waals surface area contributed by atoms with E-state index >= 15 is 0 Å². The molecule has 0 radical (unpaired) electrons. The lowest BCUT2D eigenvalue weighted by atomic mass is 9.95. The molecular formula is C43H26N4O. The summed E-state index contributed by atoms with van der Waals surface area (Å²) >= 11 is 0. The van der Waals surface area contributed by atoms with Crippen LogP contribution < -0.4 is 5.56 Å². The molecule has 0 atom stereocenters. The Morgan fingerprint density at radius 2 is 0.938 bits per heavy atom. The van der Waals surface area contributed by atoms with Crippen LogP contribution >= 0.6 is 0 Å². The van der Waals surface area contributed by atoms with E-state index in [0.29, 0.717) is 11.3 Å². The van der Waals surface area contributed by atoms with Crippen LogP contribution in [0.3, 0.4) is 0 Å². The molecule has 0 aliphatic rings. The van der Waals surface area contributed by atoms with Crippen molar-refractivity contribution >= 4 is 65.2 Å². The summed E-state index contributed by atoms with van der Waals surface area (Å²) in [6, 6.07) is 53.3. The molecule has 0 saturated carbocycles. The fraction of sp³-hybridized carbons (Fsp3) is 0. The Labute approximate surface area is 274 Å². The van der Waals surface area contributed by atoms with E-state index < -0.39 is 0 Å². The van der Waals surface area contributed by atoms with E-state index in [0.717, 1.165) is 76.7 Å². The van der Waals surface area contributed by atoms with Crippen LogP contribution in [0.1, 0.15) is 0 Å². The number of hydrogen-bond donors (Lipinski definition) is 0. The van der Waals surface area contributed by atoms with E-state index in [4.69, 9.17) is 9.97 Å². The Morgan fingerprint density at radius 1 is 0.417 bits per heavy atom. The summed E-state index contributed by atoms with van der Waals surface area (Å²) < 4.78 is 4.03. The van der Waals surface area contributed by atoms with Crippen molar-refractivity contribution in [1.29, 1.82) is 0 Å². The second-order valence-electron chi connectivity index (χ2n) is 12.1. The van der Waals surface area contributed by atoms with Gasteiger partial charge < -0.3 is 0 Å². The normalized spacial score (nSPS) is 11.8. The lowest BCUT2D eigenvalue weighted by Crippen LogP contribution is -2.19. The Bertz CT molecular complexity index is 2960. The Kier molecular flexibility index (Phi) is 5.66. The molecular weight excluding hydrogens is 589 g/mol. The zero-order valence-corrected chi connectivity index (χ0v) is 25.7. The van der Waals surface area contributed by atoms with E-state index in [1.54, 1.807) is 0 Å². The molecule has 0 saturated heterocycles. The third-order valence-corrected chi connectivity index (χ3v) is 9.51. The molecule has 0 unspecified atom stereocenters. The van der Waals surface area contributed by atoms with Crippen LogP contribution in [0.25, 0.3) is 88.0 Å². The fourth-order valence-corrected chi connectivity index (χ4v) is 7.53. The first-order valence-electron chi connectivity index (χ1n) is 16.1. The third-order valence-electron chi connectivity index (χ3n) is 9.51. The maximum Gasteiger partial charge on any atom is 0.264 e. The summed E-state index contributed by atoms with van der Waals surface area (Å²) in [7, 11) is 0. The average molecular weight is 615 g/mol. The minimum atomic E-state index is -0.0609. The topological polar surface area (TPSA) is 52.7 Å². The lowest BCUT2D eigenvalue weighted by molar-refractivity contribution is 1.02. The molecule has 0 amide bonds. The minimum absolute atomic E-state index is 0.0609. The number of para-hydroxylation sites is 4. The molecule has 3 aromatic heterocycles.